The fourth-order valence-corrected chi connectivity index (χ4v) is 5.31. The van der Waals surface area contributed by atoms with Crippen LogP contribution in [0.5, 0.6) is 5.75 Å². The molecule has 9 heteroatoms. The molecule has 0 atom stereocenters. The fourth-order valence-electron chi connectivity index (χ4n) is 5.31. The maximum atomic E-state index is 12.7. The summed E-state index contributed by atoms with van der Waals surface area (Å²) in [5.74, 6) is 3.17. The number of carbonyl (C=O) groups is 1. The number of hydrogen-bond acceptors (Lipinski definition) is 8. The van der Waals surface area contributed by atoms with Crippen molar-refractivity contribution in [1.82, 2.24) is 14.9 Å². The molecule has 3 aliphatic rings. The summed E-state index contributed by atoms with van der Waals surface area (Å²) in [5.41, 5.74) is 2.26. The van der Waals surface area contributed by atoms with E-state index < -0.39 is 0 Å². The van der Waals surface area contributed by atoms with Crippen molar-refractivity contribution >= 4 is 29.2 Å². The Bertz CT molecular complexity index is 998. The molecule has 2 aromatic rings. The SMILES string of the molecule is Cc1cc(NC(=O)CN2CCN(c3cc(N4CCCC4)nc(N4CCCC4)n3)CC2)cc(C)c1O. The predicted molar refractivity (Wildman–Crippen MR) is 140 cm³/mol. The Balaban J connectivity index is 1.21. The number of aryl methyl sites for hydroxylation is 2. The molecule has 3 fully saturated rings. The molecule has 3 saturated heterocycles. The van der Waals surface area contributed by atoms with Gasteiger partial charge in [-0.2, -0.15) is 9.97 Å². The summed E-state index contributed by atoms with van der Waals surface area (Å²) in [4.78, 5) is 31.8. The minimum Gasteiger partial charge on any atom is -0.507 e. The second-order valence-corrected chi connectivity index (χ2v) is 10.0. The zero-order chi connectivity index (χ0) is 24.4. The number of nitrogens with one attached hydrogen (secondary N) is 1. The van der Waals surface area contributed by atoms with Crippen LogP contribution >= 0.6 is 0 Å². The van der Waals surface area contributed by atoms with Crippen molar-refractivity contribution in [2.24, 2.45) is 0 Å². The average molecular weight is 480 g/mol. The first-order chi connectivity index (χ1) is 17.0. The monoisotopic (exact) mass is 479 g/mol. The molecule has 3 aliphatic heterocycles. The molecule has 0 spiro atoms. The third-order valence-corrected chi connectivity index (χ3v) is 7.34. The number of phenols is 1. The molecule has 0 aliphatic carbocycles. The van der Waals surface area contributed by atoms with Crippen LogP contribution in [0.2, 0.25) is 0 Å². The Labute approximate surface area is 207 Å². The van der Waals surface area contributed by atoms with Crippen LogP contribution in [0, 0.1) is 13.8 Å². The highest BCUT2D eigenvalue weighted by molar-refractivity contribution is 5.92. The molecule has 0 saturated carbocycles. The van der Waals surface area contributed by atoms with Crippen LogP contribution in [0.25, 0.3) is 0 Å². The van der Waals surface area contributed by atoms with Gasteiger partial charge in [0.15, 0.2) is 0 Å². The summed E-state index contributed by atoms with van der Waals surface area (Å²) in [5, 5.41) is 12.9. The van der Waals surface area contributed by atoms with E-state index in [1.54, 1.807) is 0 Å². The van der Waals surface area contributed by atoms with E-state index in [9.17, 15) is 9.90 Å². The zero-order valence-corrected chi connectivity index (χ0v) is 21.0. The van der Waals surface area contributed by atoms with Gasteiger partial charge in [-0.05, 0) is 62.8 Å². The third-order valence-electron chi connectivity index (χ3n) is 7.34. The highest BCUT2D eigenvalue weighted by Crippen LogP contribution is 2.28. The van der Waals surface area contributed by atoms with Gasteiger partial charge in [-0.1, -0.05) is 0 Å². The molecule has 5 rings (SSSR count). The molecule has 4 heterocycles. The molecule has 35 heavy (non-hydrogen) atoms. The second-order valence-electron chi connectivity index (χ2n) is 10.0. The number of aromatic nitrogens is 2. The fraction of sp³-hybridized carbons (Fsp3) is 0.577. The van der Waals surface area contributed by atoms with E-state index in [1.807, 2.05) is 26.0 Å². The standard InChI is InChI=1S/C26H37N7O2/c1-19-15-21(16-20(2)25(19)35)27-24(34)18-30-11-13-32(14-12-30)23-17-22(31-7-3-4-8-31)28-26(29-23)33-9-5-6-10-33/h15-17,35H,3-14,18H2,1-2H3,(H,27,34). The van der Waals surface area contributed by atoms with Gasteiger partial charge in [0.05, 0.1) is 6.54 Å². The van der Waals surface area contributed by atoms with Crippen molar-refractivity contribution in [2.45, 2.75) is 39.5 Å². The summed E-state index contributed by atoms with van der Waals surface area (Å²) in [7, 11) is 0. The molecule has 1 aromatic carbocycles. The van der Waals surface area contributed by atoms with Gasteiger partial charge in [-0.3, -0.25) is 9.69 Å². The number of rotatable bonds is 6. The smallest absolute Gasteiger partial charge is 0.238 e. The van der Waals surface area contributed by atoms with Gasteiger partial charge in [-0.15, -0.1) is 0 Å². The van der Waals surface area contributed by atoms with Crippen molar-refractivity contribution in [3.63, 3.8) is 0 Å². The first-order valence-electron chi connectivity index (χ1n) is 12.9. The normalized spacial score (nSPS) is 19.0. The Morgan fingerprint density at radius 2 is 1.31 bits per heavy atom. The van der Waals surface area contributed by atoms with Gasteiger partial charge in [-0.25, -0.2) is 0 Å². The second kappa shape index (κ2) is 10.3. The van der Waals surface area contributed by atoms with Crippen molar-refractivity contribution < 1.29 is 9.90 Å². The predicted octanol–water partition coefficient (Wildman–Crippen LogP) is 2.76. The van der Waals surface area contributed by atoms with Crippen LogP contribution in [-0.4, -0.2) is 84.8 Å². The van der Waals surface area contributed by atoms with Crippen LogP contribution in [0.15, 0.2) is 18.2 Å². The van der Waals surface area contributed by atoms with Gasteiger partial charge >= 0.3 is 0 Å². The van der Waals surface area contributed by atoms with Crippen LogP contribution in [0.4, 0.5) is 23.3 Å². The molecule has 1 aromatic heterocycles. The molecule has 9 nitrogen and oxygen atoms in total. The number of aromatic hydroxyl groups is 1. The molecule has 0 bridgehead atoms. The zero-order valence-electron chi connectivity index (χ0n) is 21.0. The molecular formula is C26H37N7O2. The summed E-state index contributed by atoms with van der Waals surface area (Å²) in [6, 6.07) is 5.77. The largest absolute Gasteiger partial charge is 0.507 e. The van der Waals surface area contributed by atoms with Crippen molar-refractivity contribution in [3.8, 4) is 5.75 Å². The number of benzene rings is 1. The van der Waals surface area contributed by atoms with E-state index in [-0.39, 0.29) is 11.7 Å². The van der Waals surface area contributed by atoms with Crippen LogP contribution < -0.4 is 20.0 Å². The Morgan fingerprint density at radius 1 is 0.800 bits per heavy atom. The summed E-state index contributed by atoms with van der Waals surface area (Å²) < 4.78 is 0. The highest BCUT2D eigenvalue weighted by Gasteiger charge is 2.25. The number of anilines is 4. The number of nitrogens with zero attached hydrogens (tertiary/aromatic N) is 6. The molecule has 2 N–H and O–H groups in total. The lowest BCUT2D eigenvalue weighted by molar-refractivity contribution is -0.117. The lowest BCUT2D eigenvalue weighted by atomic mass is 10.1. The molecule has 188 valence electrons. The average Bonchev–Trinajstić information content (AvgIpc) is 3.57. The maximum Gasteiger partial charge on any atom is 0.238 e. The quantitative estimate of drug-likeness (QED) is 0.612. The van der Waals surface area contributed by atoms with E-state index >= 15 is 0 Å². The summed E-state index contributed by atoms with van der Waals surface area (Å²) >= 11 is 0. The highest BCUT2D eigenvalue weighted by atomic mass is 16.3. The minimum atomic E-state index is -0.0300. The van der Waals surface area contributed by atoms with Gasteiger partial charge in [0, 0.05) is 64.1 Å². The first kappa shape index (κ1) is 23.7. The van der Waals surface area contributed by atoms with Gasteiger partial charge in [0.1, 0.15) is 17.4 Å². The summed E-state index contributed by atoms with van der Waals surface area (Å²) in [6.45, 7) is 11.5. The maximum absolute atomic E-state index is 12.7. The number of piperazine rings is 1. The molecule has 1 amide bonds. The van der Waals surface area contributed by atoms with E-state index in [0.29, 0.717) is 6.54 Å². The first-order valence-corrected chi connectivity index (χ1v) is 12.9. The molecular weight excluding hydrogens is 442 g/mol. The Morgan fingerprint density at radius 3 is 1.89 bits per heavy atom. The van der Waals surface area contributed by atoms with E-state index in [0.717, 1.165) is 86.8 Å². The van der Waals surface area contributed by atoms with Crippen molar-refractivity contribution in [3.05, 3.63) is 29.3 Å². The van der Waals surface area contributed by atoms with Crippen molar-refractivity contribution in [2.75, 3.05) is 78.9 Å². The number of hydrogen-bond donors (Lipinski definition) is 2. The van der Waals surface area contributed by atoms with E-state index in [1.165, 1.54) is 25.7 Å². The number of phenolic OH excluding ortho intramolecular Hbond substituents is 1. The summed E-state index contributed by atoms with van der Waals surface area (Å²) in [6.07, 6.45) is 4.86. The van der Waals surface area contributed by atoms with E-state index in [4.69, 9.17) is 9.97 Å². The topological polar surface area (TPSA) is 88.1 Å². The van der Waals surface area contributed by atoms with Crippen LogP contribution in [0.1, 0.15) is 36.8 Å². The van der Waals surface area contributed by atoms with Crippen molar-refractivity contribution in [1.29, 1.82) is 0 Å². The van der Waals surface area contributed by atoms with Gasteiger partial charge in [0.25, 0.3) is 0 Å². The van der Waals surface area contributed by atoms with Gasteiger partial charge in [0.2, 0.25) is 11.9 Å². The van der Waals surface area contributed by atoms with Crippen LogP contribution in [-0.2, 0) is 4.79 Å². The molecule has 0 unspecified atom stereocenters. The lowest BCUT2D eigenvalue weighted by Crippen LogP contribution is -2.49. The minimum absolute atomic E-state index is 0.0300. The third kappa shape index (κ3) is 5.45. The van der Waals surface area contributed by atoms with Crippen LogP contribution in [0.3, 0.4) is 0 Å². The Hall–Kier alpha value is -3.07. The Kier molecular flexibility index (Phi) is 6.95. The molecule has 0 radical (unpaired) electrons. The van der Waals surface area contributed by atoms with Gasteiger partial charge < -0.3 is 25.1 Å². The number of amides is 1. The van der Waals surface area contributed by atoms with E-state index in [2.05, 4.69) is 31.0 Å². The number of carbonyl (C=O) groups excluding carboxylic acids is 1. The lowest BCUT2D eigenvalue weighted by Gasteiger charge is -2.35.